The Labute approximate surface area is 132 Å². The fraction of sp³-hybridized carbons (Fsp3) is 0.333. The van der Waals surface area contributed by atoms with Crippen molar-refractivity contribution < 1.29 is 14.7 Å². The topological polar surface area (TPSA) is 66.4 Å². The molecule has 4 nitrogen and oxygen atoms in total. The van der Waals surface area contributed by atoms with E-state index in [1.807, 2.05) is 0 Å². The van der Waals surface area contributed by atoms with Gasteiger partial charge in [0.25, 0.3) is 0 Å². The second-order valence-corrected chi connectivity index (χ2v) is 6.01. The third-order valence-electron chi connectivity index (χ3n) is 3.56. The summed E-state index contributed by atoms with van der Waals surface area (Å²) in [5, 5.41) is 12.6. The maximum atomic E-state index is 11.9. The molecule has 0 unspecified atom stereocenters. The second kappa shape index (κ2) is 6.50. The van der Waals surface area contributed by atoms with Gasteiger partial charge in [-0.05, 0) is 43.0 Å². The molecule has 2 rings (SSSR count). The maximum Gasteiger partial charge on any atom is 0.305 e. The van der Waals surface area contributed by atoms with Gasteiger partial charge < -0.3 is 10.4 Å². The molecule has 1 aliphatic rings. The Bertz CT molecular complexity index is 595. The van der Waals surface area contributed by atoms with Gasteiger partial charge in [-0.15, -0.1) is 0 Å². The number of benzene rings is 1. The summed E-state index contributed by atoms with van der Waals surface area (Å²) in [7, 11) is 0. The van der Waals surface area contributed by atoms with Gasteiger partial charge in [0.2, 0.25) is 5.91 Å². The number of hydrogen-bond acceptors (Lipinski definition) is 2. The number of carbonyl (C=O) groups is 2. The number of rotatable bonds is 5. The van der Waals surface area contributed by atoms with E-state index in [4.69, 9.17) is 28.3 Å². The lowest BCUT2D eigenvalue weighted by Crippen LogP contribution is -2.54. The molecule has 0 radical (unpaired) electrons. The highest BCUT2D eigenvalue weighted by molar-refractivity contribution is 6.42. The largest absolute Gasteiger partial charge is 0.481 e. The van der Waals surface area contributed by atoms with Crippen molar-refractivity contribution in [3.05, 3.63) is 39.9 Å². The van der Waals surface area contributed by atoms with Gasteiger partial charge in [-0.1, -0.05) is 29.3 Å². The van der Waals surface area contributed by atoms with Crippen molar-refractivity contribution in [1.29, 1.82) is 0 Å². The van der Waals surface area contributed by atoms with E-state index in [1.165, 1.54) is 6.08 Å². The Kier molecular flexibility index (Phi) is 4.91. The highest BCUT2D eigenvalue weighted by Gasteiger charge is 2.39. The number of hydrogen-bond donors (Lipinski definition) is 2. The number of carboxylic acids is 1. The molecule has 21 heavy (non-hydrogen) atoms. The zero-order valence-corrected chi connectivity index (χ0v) is 12.7. The summed E-state index contributed by atoms with van der Waals surface area (Å²) < 4.78 is 0. The Morgan fingerprint density at radius 3 is 2.52 bits per heavy atom. The summed E-state index contributed by atoms with van der Waals surface area (Å²) >= 11 is 11.7. The van der Waals surface area contributed by atoms with Crippen molar-refractivity contribution in [2.45, 2.75) is 31.2 Å². The quantitative estimate of drug-likeness (QED) is 0.813. The molecule has 0 aromatic heterocycles. The van der Waals surface area contributed by atoms with Crippen molar-refractivity contribution in [1.82, 2.24) is 5.32 Å². The third kappa shape index (κ3) is 4.22. The van der Waals surface area contributed by atoms with Gasteiger partial charge in [0.1, 0.15) is 0 Å². The molecular formula is C15H15Cl2NO3. The van der Waals surface area contributed by atoms with Crippen LogP contribution in [0.25, 0.3) is 6.08 Å². The molecular weight excluding hydrogens is 313 g/mol. The van der Waals surface area contributed by atoms with E-state index in [9.17, 15) is 9.59 Å². The predicted octanol–water partition coefficient (Wildman–Crippen LogP) is 3.52. The van der Waals surface area contributed by atoms with Gasteiger partial charge in [-0.2, -0.15) is 0 Å². The Morgan fingerprint density at radius 1 is 1.29 bits per heavy atom. The molecule has 1 amide bonds. The van der Waals surface area contributed by atoms with Crippen LogP contribution in [0.1, 0.15) is 31.2 Å². The van der Waals surface area contributed by atoms with Crippen LogP contribution in [0.4, 0.5) is 0 Å². The summed E-state index contributed by atoms with van der Waals surface area (Å²) in [4.78, 5) is 22.7. The molecule has 0 heterocycles. The lowest BCUT2D eigenvalue weighted by atomic mass is 9.74. The Morgan fingerprint density at radius 2 is 2.00 bits per heavy atom. The lowest BCUT2D eigenvalue weighted by molar-refractivity contribution is -0.140. The molecule has 0 atom stereocenters. The van der Waals surface area contributed by atoms with Crippen LogP contribution in [-0.2, 0) is 9.59 Å². The molecule has 1 aromatic carbocycles. The Balaban J connectivity index is 1.99. The van der Waals surface area contributed by atoms with Gasteiger partial charge >= 0.3 is 5.97 Å². The molecule has 0 aliphatic heterocycles. The minimum Gasteiger partial charge on any atom is -0.481 e. The predicted molar refractivity (Wildman–Crippen MR) is 82.5 cm³/mol. The summed E-state index contributed by atoms with van der Waals surface area (Å²) in [5.41, 5.74) is 0.158. The molecule has 112 valence electrons. The van der Waals surface area contributed by atoms with E-state index in [2.05, 4.69) is 5.32 Å². The third-order valence-corrected chi connectivity index (χ3v) is 4.30. The molecule has 1 aromatic rings. The molecule has 6 heteroatoms. The van der Waals surface area contributed by atoms with Crippen LogP contribution in [0.2, 0.25) is 10.0 Å². The van der Waals surface area contributed by atoms with Gasteiger partial charge in [0.05, 0.1) is 22.0 Å². The first-order valence-corrected chi connectivity index (χ1v) is 7.33. The first-order valence-electron chi connectivity index (χ1n) is 6.57. The van der Waals surface area contributed by atoms with Crippen molar-refractivity contribution in [3.63, 3.8) is 0 Å². The normalized spacial score (nSPS) is 16.5. The van der Waals surface area contributed by atoms with Crippen LogP contribution in [-0.4, -0.2) is 22.5 Å². The van der Waals surface area contributed by atoms with Gasteiger partial charge in [-0.3, -0.25) is 9.59 Å². The fourth-order valence-electron chi connectivity index (χ4n) is 2.33. The van der Waals surface area contributed by atoms with E-state index in [-0.39, 0.29) is 12.3 Å². The van der Waals surface area contributed by atoms with E-state index < -0.39 is 11.5 Å². The van der Waals surface area contributed by atoms with Gasteiger partial charge in [0.15, 0.2) is 0 Å². The van der Waals surface area contributed by atoms with Gasteiger partial charge in [0, 0.05) is 6.08 Å². The molecule has 2 N–H and O–H groups in total. The Hall–Kier alpha value is -1.52. The zero-order chi connectivity index (χ0) is 15.5. The summed E-state index contributed by atoms with van der Waals surface area (Å²) in [6, 6.07) is 5.05. The van der Waals surface area contributed by atoms with E-state index >= 15 is 0 Å². The lowest BCUT2D eigenvalue weighted by Gasteiger charge is -2.41. The fourth-order valence-corrected chi connectivity index (χ4v) is 2.64. The van der Waals surface area contributed by atoms with Crippen molar-refractivity contribution in [2.75, 3.05) is 0 Å². The van der Waals surface area contributed by atoms with Crippen molar-refractivity contribution in [2.24, 2.45) is 0 Å². The van der Waals surface area contributed by atoms with Gasteiger partial charge in [-0.25, -0.2) is 0 Å². The van der Waals surface area contributed by atoms with E-state index in [0.717, 1.165) is 12.0 Å². The molecule has 0 spiro atoms. The number of nitrogens with one attached hydrogen (secondary N) is 1. The smallest absolute Gasteiger partial charge is 0.305 e. The number of halogens is 2. The SMILES string of the molecule is O=C(O)CC1(NC(=O)C=Cc2ccc(Cl)c(Cl)c2)CCC1. The number of amides is 1. The minimum atomic E-state index is -0.900. The molecule has 1 saturated carbocycles. The maximum absolute atomic E-state index is 11.9. The van der Waals surface area contributed by atoms with Crippen LogP contribution in [0.5, 0.6) is 0 Å². The number of carboxylic acid groups (broad SMARTS) is 1. The van der Waals surface area contributed by atoms with E-state index in [0.29, 0.717) is 22.9 Å². The second-order valence-electron chi connectivity index (χ2n) is 5.20. The van der Waals surface area contributed by atoms with Crippen molar-refractivity contribution in [3.8, 4) is 0 Å². The number of aliphatic carboxylic acids is 1. The first-order chi connectivity index (χ1) is 9.90. The number of carbonyl (C=O) groups excluding carboxylic acids is 1. The summed E-state index contributed by atoms with van der Waals surface area (Å²) in [5.74, 6) is -1.20. The van der Waals surface area contributed by atoms with Crippen LogP contribution in [0.3, 0.4) is 0 Å². The first kappa shape index (κ1) is 15.9. The average Bonchev–Trinajstić information content (AvgIpc) is 2.37. The van der Waals surface area contributed by atoms with Crippen LogP contribution in [0.15, 0.2) is 24.3 Å². The van der Waals surface area contributed by atoms with Crippen LogP contribution < -0.4 is 5.32 Å². The monoisotopic (exact) mass is 327 g/mol. The average molecular weight is 328 g/mol. The highest BCUT2D eigenvalue weighted by Crippen LogP contribution is 2.34. The molecule has 1 aliphatic carbocycles. The zero-order valence-electron chi connectivity index (χ0n) is 11.2. The standard InChI is InChI=1S/C15H15Cl2NO3/c16-11-4-2-10(8-12(11)17)3-5-13(19)18-15(6-1-7-15)9-14(20)21/h2-5,8H,1,6-7,9H2,(H,18,19)(H,20,21). The van der Waals surface area contributed by atoms with Crippen LogP contribution in [0, 0.1) is 0 Å². The molecule has 0 saturated heterocycles. The summed E-state index contributed by atoms with van der Waals surface area (Å²) in [6.07, 6.45) is 5.28. The highest BCUT2D eigenvalue weighted by atomic mass is 35.5. The minimum absolute atomic E-state index is 0.0423. The van der Waals surface area contributed by atoms with Crippen molar-refractivity contribution >= 4 is 41.2 Å². The molecule has 1 fully saturated rings. The van der Waals surface area contributed by atoms with Crippen LogP contribution >= 0.6 is 23.2 Å². The molecule has 0 bridgehead atoms. The summed E-state index contributed by atoms with van der Waals surface area (Å²) in [6.45, 7) is 0. The van der Waals surface area contributed by atoms with E-state index in [1.54, 1.807) is 24.3 Å².